The molecular formula is C16H16F3N4O5S+. The predicted molar refractivity (Wildman–Crippen MR) is 93.0 cm³/mol. The first-order chi connectivity index (χ1) is 13.4. The van der Waals surface area contributed by atoms with Gasteiger partial charge in [-0.1, -0.05) is 6.92 Å². The summed E-state index contributed by atoms with van der Waals surface area (Å²) < 4.78 is 66.4. The minimum atomic E-state index is -4.90. The van der Waals surface area contributed by atoms with Crippen LogP contribution >= 0.6 is 0 Å². The van der Waals surface area contributed by atoms with Crippen LogP contribution in [-0.4, -0.2) is 40.8 Å². The first-order valence-electron chi connectivity index (χ1n) is 8.15. The van der Waals surface area contributed by atoms with E-state index in [9.17, 15) is 31.6 Å². The number of sulfone groups is 1. The summed E-state index contributed by atoms with van der Waals surface area (Å²) in [5, 5.41) is 10.2. The van der Waals surface area contributed by atoms with Crippen LogP contribution < -0.4 is 15.1 Å². The third kappa shape index (κ3) is 3.20. The van der Waals surface area contributed by atoms with E-state index in [1.807, 2.05) is 0 Å². The van der Waals surface area contributed by atoms with Crippen LogP contribution in [0.25, 0.3) is 22.6 Å². The smallest absolute Gasteiger partial charge is 0.413 e. The summed E-state index contributed by atoms with van der Waals surface area (Å²) >= 11 is 0. The molecule has 0 spiro atoms. The Morgan fingerprint density at radius 3 is 2.55 bits per heavy atom. The molecule has 9 nitrogen and oxygen atoms in total. The molecule has 0 saturated heterocycles. The van der Waals surface area contributed by atoms with E-state index < -0.39 is 27.3 Å². The molecule has 13 heteroatoms. The molecule has 0 fully saturated rings. The predicted octanol–water partition coefficient (Wildman–Crippen LogP) is 0.798. The van der Waals surface area contributed by atoms with Gasteiger partial charge in [0.1, 0.15) is 17.5 Å². The van der Waals surface area contributed by atoms with Gasteiger partial charge in [-0.05, 0) is 12.1 Å². The number of alkyl halides is 3. The van der Waals surface area contributed by atoms with Gasteiger partial charge in [0, 0.05) is 17.8 Å². The van der Waals surface area contributed by atoms with Crippen molar-refractivity contribution in [3.63, 3.8) is 0 Å². The molecule has 0 unspecified atom stereocenters. The average molecular weight is 433 g/mol. The molecule has 0 aliphatic carbocycles. The molecule has 0 aliphatic heterocycles. The van der Waals surface area contributed by atoms with Crippen molar-refractivity contribution in [2.45, 2.75) is 18.0 Å². The highest BCUT2D eigenvalue weighted by atomic mass is 32.2. The van der Waals surface area contributed by atoms with Crippen LogP contribution in [0.1, 0.15) is 12.6 Å². The van der Waals surface area contributed by atoms with Crippen molar-refractivity contribution in [1.29, 1.82) is 0 Å². The van der Waals surface area contributed by atoms with Gasteiger partial charge in [0.05, 0.1) is 11.3 Å². The molecule has 0 aliphatic rings. The fourth-order valence-corrected chi connectivity index (χ4v) is 4.03. The molecule has 3 heterocycles. The third-order valence-electron chi connectivity index (χ3n) is 4.34. The Morgan fingerprint density at radius 2 is 2.00 bits per heavy atom. The summed E-state index contributed by atoms with van der Waals surface area (Å²) in [6.07, 6.45) is -3.76. The Labute approximate surface area is 162 Å². The Hall–Kier alpha value is -3.09. The molecule has 156 valence electrons. The molecule has 3 rings (SSSR count). The second kappa shape index (κ2) is 6.76. The molecule has 29 heavy (non-hydrogen) atoms. The second-order valence-corrected chi connectivity index (χ2v) is 8.25. The molecule has 0 amide bonds. The normalized spacial score (nSPS) is 12.5. The van der Waals surface area contributed by atoms with Gasteiger partial charge < -0.3 is 9.40 Å². The van der Waals surface area contributed by atoms with E-state index in [4.69, 9.17) is 0 Å². The average Bonchev–Trinajstić information content (AvgIpc) is 2.97. The maximum Gasteiger partial charge on any atom is 0.435 e. The van der Waals surface area contributed by atoms with Gasteiger partial charge in [-0.15, -0.1) is 4.73 Å². The van der Waals surface area contributed by atoms with E-state index in [1.54, 1.807) is 0 Å². The first-order valence-corrected chi connectivity index (χ1v) is 9.80. The highest BCUT2D eigenvalue weighted by Crippen LogP contribution is 2.31. The number of rotatable bonds is 4. The van der Waals surface area contributed by atoms with Crippen LogP contribution in [0.2, 0.25) is 0 Å². The number of pyridine rings is 2. The zero-order valence-electron chi connectivity index (χ0n) is 15.4. The van der Waals surface area contributed by atoms with Crippen molar-refractivity contribution in [2.24, 2.45) is 7.05 Å². The van der Waals surface area contributed by atoms with Crippen LogP contribution in [0.4, 0.5) is 13.2 Å². The van der Waals surface area contributed by atoms with Gasteiger partial charge >= 0.3 is 17.4 Å². The van der Waals surface area contributed by atoms with Crippen LogP contribution in [0, 0.1) is 0 Å². The van der Waals surface area contributed by atoms with Crippen molar-refractivity contribution in [3.05, 3.63) is 40.4 Å². The van der Waals surface area contributed by atoms with Gasteiger partial charge in [0.25, 0.3) is 0 Å². The second-order valence-electron chi connectivity index (χ2n) is 6.01. The van der Waals surface area contributed by atoms with E-state index in [2.05, 4.69) is 9.82 Å². The fourth-order valence-electron chi connectivity index (χ4n) is 2.95. The molecule has 3 aromatic heterocycles. The van der Waals surface area contributed by atoms with Crippen molar-refractivity contribution in [2.75, 3.05) is 12.9 Å². The van der Waals surface area contributed by atoms with Crippen molar-refractivity contribution >= 4 is 20.9 Å². The van der Waals surface area contributed by atoms with Gasteiger partial charge in [-0.2, -0.15) is 13.2 Å². The van der Waals surface area contributed by atoms with Gasteiger partial charge in [0.15, 0.2) is 15.5 Å². The Kier molecular flexibility index (Phi) is 4.81. The Balaban J connectivity index is 2.46. The SMILES string of the molecule is CCS(=O)(=O)c1ccc[n+](O)c1-c1nc2cc(C(F)(F)F)n(OC)c(=O)c2n1C. The number of imidazole rings is 1. The van der Waals surface area contributed by atoms with Crippen LogP contribution in [0.15, 0.2) is 34.1 Å². The third-order valence-corrected chi connectivity index (χ3v) is 6.10. The van der Waals surface area contributed by atoms with Gasteiger partial charge in [-0.25, -0.2) is 13.4 Å². The Bertz CT molecular complexity index is 1280. The summed E-state index contributed by atoms with van der Waals surface area (Å²) in [6.45, 7) is 1.40. The molecule has 0 bridgehead atoms. The summed E-state index contributed by atoms with van der Waals surface area (Å²) in [4.78, 5) is 20.9. The number of hydrogen-bond donors (Lipinski definition) is 1. The zero-order chi connectivity index (χ0) is 21.7. The highest BCUT2D eigenvalue weighted by molar-refractivity contribution is 7.91. The van der Waals surface area contributed by atoms with Crippen LogP contribution in [-0.2, 0) is 23.1 Å². The summed E-state index contributed by atoms with van der Waals surface area (Å²) in [5.41, 5.74) is -3.41. The molecule has 0 radical (unpaired) electrons. The quantitative estimate of drug-likeness (QED) is 0.482. The minimum Gasteiger partial charge on any atom is -0.413 e. The summed E-state index contributed by atoms with van der Waals surface area (Å²) in [5.74, 6) is -0.503. The van der Waals surface area contributed by atoms with E-state index in [-0.39, 0.29) is 37.9 Å². The molecular weight excluding hydrogens is 417 g/mol. The van der Waals surface area contributed by atoms with Crippen molar-refractivity contribution < 1.29 is 36.4 Å². The summed E-state index contributed by atoms with van der Waals surface area (Å²) in [6, 6.07) is 3.13. The monoisotopic (exact) mass is 433 g/mol. The lowest BCUT2D eigenvalue weighted by molar-refractivity contribution is -0.897. The number of aryl methyl sites for hydroxylation is 1. The standard InChI is InChI=1S/C16H16F3N4O5S/c1-4-29(26,27)10-6-5-7-22(25)13(10)14-20-9-8-11(16(17,18)19)23(28-3)15(24)12(9)21(14)2/h5-8,25H,4H2,1-3H3/q+1. The maximum atomic E-state index is 13.3. The minimum absolute atomic E-state index is 0.0789. The number of aromatic nitrogens is 4. The van der Waals surface area contributed by atoms with Crippen LogP contribution in [0.3, 0.4) is 0 Å². The Morgan fingerprint density at radius 1 is 1.34 bits per heavy atom. The maximum absolute atomic E-state index is 13.3. The van der Waals surface area contributed by atoms with E-state index >= 15 is 0 Å². The molecule has 3 aromatic rings. The molecule has 0 saturated carbocycles. The van der Waals surface area contributed by atoms with E-state index in [0.29, 0.717) is 10.8 Å². The van der Waals surface area contributed by atoms with Crippen molar-refractivity contribution in [1.82, 2.24) is 14.3 Å². The summed E-state index contributed by atoms with van der Waals surface area (Å²) in [7, 11) is -1.61. The lowest BCUT2D eigenvalue weighted by Gasteiger charge is -2.13. The zero-order valence-corrected chi connectivity index (χ0v) is 16.2. The largest absolute Gasteiger partial charge is 0.435 e. The number of fused-ring (bicyclic) bond motifs is 1. The topological polar surface area (TPSA) is 107 Å². The molecule has 0 atom stereocenters. The number of halogens is 3. The van der Waals surface area contributed by atoms with Crippen molar-refractivity contribution in [3.8, 4) is 11.5 Å². The lowest BCUT2D eigenvalue weighted by Crippen LogP contribution is -2.35. The van der Waals surface area contributed by atoms with Gasteiger partial charge in [0.2, 0.25) is 12.0 Å². The molecule has 0 aromatic carbocycles. The lowest BCUT2D eigenvalue weighted by atomic mass is 10.3. The number of hydrogen-bond acceptors (Lipinski definition) is 6. The fraction of sp³-hybridized carbons (Fsp3) is 0.312. The highest BCUT2D eigenvalue weighted by Gasteiger charge is 2.38. The molecule has 1 N–H and O–H groups in total. The van der Waals surface area contributed by atoms with Crippen LogP contribution in [0.5, 0.6) is 0 Å². The van der Waals surface area contributed by atoms with Gasteiger partial charge in [-0.3, -0.25) is 10.0 Å². The first kappa shape index (κ1) is 20.6. The van der Waals surface area contributed by atoms with E-state index in [0.717, 1.165) is 17.9 Å². The number of nitrogens with zero attached hydrogens (tertiary/aromatic N) is 4. The van der Waals surface area contributed by atoms with E-state index in [1.165, 1.54) is 26.1 Å².